The molecule has 0 bridgehead atoms. The highest BCUT2D eigenvalue weighted by molar-refractivity contribution is 5.84. The van der Waals surface area contributed by atoms with Crippen LogP contribution in [-0.4, -0.2) is 30.4 Å². The smallest absolute Gasteiger partial charge is 0.280 e. The van der Waals surface area contributed by atoms with Crippen molar-refractivity contribution in [3.63, 3.8) is 0 Å². The van der Waals surface area contributed by atoms with Crippen LogP contribution in [0.1, 0.15) is 12.5 Å². The number of phenolic OH excluding ortho intramolecular Hbond substituents is 1. The lowest BCUT2D eigenvalue weighted by atomic mass is 10.2. The van der Waals surface area contributed by atoms with Crippen LogP contribution in [0.15, 0.2) is 53.6 Å². The minimum atomic E-state index is -0.677. The molecule has 2 aromatic carbocycles. The Labute approximate surface area is 134 Å². The van der Waals surface area contributed by atoms with Gasteiger partial charge in [-0.25, -0.2) is 5.43 Å². The number of nitrogens with one attached hydrogen (secondary N) is 1. The predicted octanol–water partition coefficient (Wildman–Crippen LogP) is 2.32. The van der Waals surface area contributed by atoms with Gasteiger partial charge in [0.15, 0.2) is 17.6 Å². The maximum atomic E-state index is 11.9. The molecule has 0 unspecified atom stereocenters. The van der Waals surface area contributed by atoms with E-state index in [-0.39, 0.29) is 11.7 Å². The van der Waals surface area contributed by atoms with Gasteiger partial charge in [-0.2, -0.15) is 5.10 Å². The van der Waals surface area contributed by atoms with Crippen molar-refractivity contribution in [2.75, 3.05) is 7.11 Å². The maximum absolute atomic E-state index is 11.9. The van der Waals surface area contributed by atoms with E-state index in [1.807, 2.05) is 18.2 Å². The summed E-state index contributed by atoms with van der Waals surface area (Å²) in [6.07, 6.45) is 0.777. The van der Waals surface area contributed by atoms with E-state index in [9.17, 15) is 9.90 Å². The second-order valence-corrected chi connectivity index (χ2v) is 4.74. The summed E-state index contributed by atoms with van der Waals surface area (Å²) in [5.41, 5.74) is 3.08. The largest absolute Gasteiger partial charge is 0.504 e. The number of para-hydroxylation sites is 1. The number of phenols is 1. The van der Waals surface area contributed by atoms with Crippen LogP contribution >= 0.6 is 0 Å². The molecule has 1 amide bonds. The number of rotatable bonds is 6. The molecule has 0 heterocycles. The summed E-state index contributed by atoms with van der Waals surface area (Å²) in [5, 5.41) is 13.4. The molecule has 6 nitrogen and oxygen atoms in total. The summed E-state index contributed by atoms with van der Waals surface area (Å²) in [6, 6.07) is 13.8. The average molecular weight is 314 g/mol. The normalized spacial score (nSPS) is 11.9. The Morgan fingerprint density at radius 3 is 2.70 bits per heavy atom. The minimum absolute atomic E-state index is 0.0403. The number of nitrogens with zero attached hydrogens (tertiary/aromatic N) is 1. The van der Waals surface area contributed by atoms with E-state index in [4.69, 9.17) is 9.47 Å². The Bertz CT molecular complexity index is 686. The van der Waals surface area contributed by atoms with Gasteiger partial charge in [-0.05, 0) is 42.8 Å². The van der Waals surface area contributed by atoms with Crippen LogP contribution in [0, 0.1) is 0 Å². The number of hydrogen-bond acceptors (Lipinski definition) is 5. The van der Waals surface area contributed by atoms with E-state index in [0.717, 1.165) is 0 Å². The van der Waals surface area contributed by atoms with Crippen LogP contribution in [0.4, 0.5) is 0 Å². The summed E-state index contributed by atoms with van der Waals surface area (Å²) in [6.45, 7) is 1.64. The second kappa shape index (κ2) is 7.84. The average Bonchev–Trinajstić information content (AvgIpc) is 2.57. The van der Waals surface area contributed by atoms with Gasteiger partial charge in [-0.1, -0.05) is 18.2 Å². The third kappa shape index (κ3) is 4.74. The van der Waals surface area contributed by atoms with Crippen LogP contribution in [0.25, 0.3) is 0 Å². The number of aromatic hydroxyl groups is 1. The van der Waals surface area contributed by atoms with Crippen molar-refractivity contribution in [1.82, 2.24) is 5.43 Å². The molecule has 120 valence electrons. The molecule has 0 saturated carbocycles. The Morgan fingerprint density at radius 2 is 2.00 bits per heavy atom. The van der Waals surface area contributed by atoms with Gasteiger partial charge in [0.05, 0.1) is 13.3 Å². The molecule has 0 fully saturated rings. The van der Waals surface area contributed by atoms with Crippen molar-refractivity contribution in [2.45, 2.75) is 13.0 Å². The van der Waals surface area contributed by atoms with Crippen LogP contribution in [0.2, 0.25) is 0 Å². The number of benzene rings is 2. The molecule has 0 saturated heterocycles. The van der Waals surface area contributed by atoms with Crippen LogP contribution in [0.5, 0.6) is 17.2 Å². The van der Waals surface area contributed by atoms with E-state index in [1.165, 1.54) is 19.4 Å². The number of methoxy groups -OCH3 is 1. The molecular formula is C17H18N2O4. The molecule has 6 heteroatoms. The summed E-state index contributed by atoms with van der Waals surface area (Å²) in [7, 11) is 1.46. The Morgan fingerprint density at radius 1 is 1.26 bits per heavy atom. The van der Waals surface area contributed by atoms with Crippen molar-refractivity contribution in [3.8, 4) is 17.2 Å². The molecule has 0 aromatic heterocycles. The van der Waals surface area contributed by atoms with Gasteiger partial charge in [0.1, 0.15) is 5.75 Å². The lowest BCUT2D eigenvalue weighted by Gasteiger charge is -2.12. The summed E-state index contributed by atoms with van der Waals surface area (Å²) < 4.78 is 10.5. The Hall–Kier alpha value is -3.02. The maximum Gasteiger partial charge on any atom is 0.280 e. The van der Waals surface area contributed by atoms with Crippen molar-refractivity contribution in [1.29, 1.82) is 0 Å². The fraction of sp³-hybridized carbons (Fsp3) is 0.176. The van der Waals surface area contributed by atoms with E-state index >= 15 is 0 Å². The third-order valence-corrected chi connectivity index (χ3v) is 3.02. The molecule has 2 rings (SSSR count). The van der Waals surface area contributed by atoms with Crippen molar-refractivity contribution >= 4 is 12.1 Å². The van der Waals surface area contributed by atoms with Crippen LogP contribution in [0.3, 0.4) is 0 Å². The molecule has 1 atom stereocenters. The van der Waals surface area contributed by atoms with Crippen molar-refractivity contribution < 1.29 is 19.4 Å². The van der Waals surface area contributed by atoms with E-state index in [0.29, 0.717) is 17.1 Å². The topological polar surface area (TPSA) is 80.2 Å². The first-order valence-corrected chi connectivity index (χ1v) is 7.02. The quantitative estimate of drug-likeness (QED) is 0.633. The second-order valence-electron chi connectivity index (χ2n) is 4.74. The highest BCUT2D eigenvalue weighted by Crippen LogP contribution is 2.25. The first kappa shape index (κ1) is 16.4. The SMILES string of the molecule is COc1cc(/C=N/NC(=O)[C@H](C)Oc2ccccc2)ccc1O. The lowest BCUT2D eigenvalue weighted by Crippen LogP contribution is -2.33. The summed E-state index contributed by atoms with van der Waals surface area (Å²) in [4.78, 5) is 11.9. The highest BCUT2D eigenvalue weighted by Gasteiger charge is 2.13. The lowest BCUT2D eigenvalue weighted by molar-refractivity contribution is -0.127. The van der Waals surface area contributed by atoms with Crippen LogP contribution in [-0.2, 0) is 4.79 Å². The zero-order valence-corrected chi connectivity index (χ0v) is 12.9. The third-order valence-electron chi connectivity index (χ3n) is 3.02. The number of hydrogen-bond donors (Lipinski definition) is 2. The molecule has 0 aliphatic heterocycles. The monoisotopic (exact) mass is 314 g/mol. The first-order chi connectivity index (χ1) is 11.1. The van der Waals surface area contributed by atoms with Gasteiger partial charge in [0.25, 0.3) is 5.91 Å². The van der Waals surface area contributed by atoms with E-state index < -0.39 is 6.10 Å². The van der Waals surface area contributed by atoms with Gasteiger partial charge in [-0.15, -0.1) is 0 Å². The number of hydrazone groups is 1. The van der Waals surface area contributed by atoms with E-state index in [1.54, 1.807) is 31.2 Å². The number of amides is 1. The van der Waals surface area contributed by atoms with Gasteiger partial charge in [0.2, 0.25) is 0 Å². The van der Waals surface area contributed by atoms with Gasteiger partial charge >= 0.3 is 0 Å². The molecule has 0 radical (unpaired) electrons. The van der Waals surface area contributed by atoms with Gasteiger partial charge in [-0.3, -0.25) is 4.79 Å². The molecule has 0 spiro atoms. The fourth-order valence-electron chi connectivity index (χ4n) is 1.79. The molecule has 2 aromatic rings. The summed E-state index contributed by atoms with van der Waals surface area (Å²) in [5.74, 6) is 0.623. The Balaban J connectivity index is 1.90. The standard InChI is InChI=1S/C17H18N2O4/c1-12(23-14-6-4-3-5-7-14)17(21)19-18-11-13-8-9-15(20)16(10-13)22-2/h3-12,20H,1-2H3,(H,19,21)/b18-11+/t12-/m0/s1. The molecule has 0 aliphatic rings. The zero-order valence-electron chi connectivity index (χ0n) is 12.9. The fourth-order valence-corrected chi connectivity index (χ4v) is 1.79. The summed E-state index contributed by atoms with van der Waals surface area (Å²) >= 11 is 0. The van der Waals surface area contributed by atoms with Gasteiger partial charge < -0.3 is 14.6 Å². The van der Waals surface area contributed by atoms with Crippen LogP contribution < -0.4 is 14.9 Å². The molecular weight excluding hydrogens is 296 g/mol. The molecule has 2 N–H and O–H groups in total. The minimum Gasteiger partial charge on any atom is -0.504 e. The molecule has 0 aliphatic carbocycles. The van der Waals surface area contributed by atoms with Gasteiger partial charge in [0, 0.05) is 0 Å². The number of carbonyl (C=O) groups excluding carboxylic acids is 1. The van der Waals surface area contributed by atoms with E-state index in [2.05, 4.69) is 10.5 Å². The molecule has 23 heavy (non-hydrogen) atoms. The van der Waals surface area contributed by atoms with Crippen molar-refractivity contribution in [2.24, 2.45) is 5.10 Å². The predicted molar refractivity (Wildman–Crippen MR) is 86.9 cm³/mol. The first-order valence-electron chi connectivity index (χ1n) is 7.02. The Kier molecular flexibility index (Phi) is 5.57. The number of ether oxygens (including phenoxy) is 2. The highest BCUT2D eigenvalue weighted by atomic mass is 16.5. The van der Waals surface area contributed by atoms with Crippen molar-refractivity contribution in [3.05, 3.63) is 54.1 Å². The number of carbonyl (C=O) groups is 1. The zero-order chi connectivity index (χ0) is 16.7.